The molecular weight excluding hydrogens is 274 g/mol. The van der Waals surface area contributed by atoms with Gasteiger partial charge in [-0.05, 0) is 45.0 Å². The summed E-state index contributed by atoms with van der Waals surface area (Å²) >= 11 is 6.20. The van der Waals surface area contributed by atoms with Crippen molar-refractivity contribution in [2.75, 3.05) is 6.54 Å². The molecule has 0 fully saturated rings. The van der Waals surface area contributed by atoms with Crippen LogP contribution in [0, 0.1) is 6.92 Å². The number of nitrogens with zero attached hydrogens (tertiary/aromatic N) is 2. The number of rotatable bonds is 6. The summed E-state index contributed by atoms with van der Waals surface area (Å²) in [6, 6.07) is 7.72. The minimum atomic E-state index is 0.479. The van der Waals surface area contributed by atoms with Crippen molar-refractivity contribution < 1.29 is 4.74 Å². The van der Waals surface area contributed by atoms with Gasteiger partial charge in [0.05, 0.1) is 11.4 Å². The van der Waals surface area contributed by atoms with Crippen molar-refractivity contribution >= 4 is 11.6 Å². The summed E-state index contributed by atoms with van der Waals surface area (Å²) in [5.74, 6) is 0.796. The summed E-state index contributed by atoms with van der Waals surface area (Å²) in [7, 11) is 0. The van der Waals surface area contributed by atoms with Crippen LogP contribution in [0.1, 0.15) is 23.9 Å². The Balaban J connectivity index is 2.16. The summed E-state index contributed by atoms with van der Waals surface area (Å²) in [6.45, 7) is 5.90. The summed E-state index contributed by atoms with van der Waals surface area (Å²) in [6.07, 6.45) is 0.709. The van der Waals surface area contributed by atoms with E-state index < -0.39 is 0 Å². The van der Waals surface area contributed by atoms with E-state index in [2.05, 4.69) is 12.0 Å². The number of aromatic nitrogens is 2. The monoisotopic (exact) mass is 293 g/mol. The smallest absolute Gasteiger partial charge is 0.130 e. The maximum atomic E-state index is 6.20. The molecular formula is C15H20ClN3O. The molecule has 0 aliphatic heterocycles. The van der Waals surface area contributed by atoms with Gasteiger partial charge in [-0.1, -0.05) is 17.7 Å². The summed E-state index contributed by atoms with van der Waals surface area (Å²) < 4.78 is 7.86. The van der Waals surface area contributed by atoms with Crippen LogP contribution in [0.4, 0.5) is 0 Å². The lowest BCUT2D eigenvalue weighted by Crippen LogP contribution is -2.09. The van der Waals surface area contributed by atoms with Gasteiger partial charge in [-0.3, -0.25) is 4.68 Å². The molecule has 1 aromatic carbocycles. The molecule has 20 heavy (non-hydrogen) atoms. The van der Waals surface area contributed by atoms with E-state index in [0.29, 0.717) is 24.6 Å². The lowest BCUT2D eigenvalue weighted by atomic mass is 10.1. The first kappa shape index (κ1) is 14.9. The van der Waals surface area contributed by atoms with E-state index >= 15 is 0 Å². The fraction of sp³-hybridized carbons (Fsp3) is 0.400. The molecule has 0 unspecified atom stereocenters. The lowest BCUT2D eigenvalue weighted by molar-refractivity contribution is 0.289. The van der Waals surface area contributed by atoms with Crippen LogP contribution in [0.3, 0.4) is 0 Å². The van der Waals surface area contributed by atoms with Crippen molar-refractivity contribution in [2.45, 2.75) is 33.4 Å². The zero-order valence-electron chi connectivity index (χ0n) is 11.9. The molecule has 0 aliphatic carbocycles. The van der Waals surface area contributed by atoms with Crippen molar-refractivity contribution in [2.24, 2.45) is 5.73 Å². The number of benzene rings is 1. The highest BCUT2D eigenvalue weighted by molar-refractivity contribution is 6.31. The van der Waals surface area contributed by atoms with Crippen LogP contribution in [0.15, 0.2) is 24.3 Å². The van der Waals surface area contributed by atoms with Crippen molar-refractivity contribution in [3.8, 4) is 5.75 Å². The molecule has 108 valence electrons. The van der Waals surface area contributed by atoms with Gasteiger partial charge in [-0.2, -0.15) is 5.10 Å². The molecule has 4 nitrogen and oxygen atoms in total. The molecule has 0 bridgehead atoms. The Labute approximate surface area is 124 Å². The van der Waals surface area contributed by atoms with E-state index in [9.17, 15) is 0 Å². The minimum absolute atomic E-state index is 0.479. The van der Waals surface area contributed by atoms with Crippen LogP contribution in [0.2, 0.25) is 5.02 Å². The van der Waals surface area contributed by atoms with Gasteiger partial charge in [0.1, 0.15) is 12.4 Å². The van der Waals surface area contributed by atoms with Crippen LogP contribution < -0.4 is 10.5 Å². The molecule has 2 rings (SSSR count). The Morgan fingerprint density at radius 1 is 1.40 bits per heavy atom. The van der Waals surface area contributed by atoms with Gasteiger partial charge < -0.3 is 10.5 Å². The molecule has 0 atom stereocenters. The van der Waals surface area contributed by atoms with E-state index in [1.54, 1.807) is 0 Å². The Morgan fingerprint density at radius 3 is 2.90 bits per heavy atom. The SMILES string of the molecule is CCn1nc(C)cc1COc1cccc(Cl)c1CCN. The van der Waals surface area contributed by atoms with Gasteiger partial charge in [-0.15, -0.1) is 0 Å². The molecule has 1 aromatic heterocycles. The minimum Gasteiger partial charge on any atom is -0.487 e. The summed E-state index contributed by atoms with van der Waals surface area (Å²) in [4.78, 5) is 0. The molecule has 0 amide bonds. The number of ether oxygens (including phenoxy) is 1. The van der Waals surface area contributed by atoms with Crippen LogP contribution >= 0.6 is 11.6 Å². The highest BCUT2D eigenvalue weighted by atomic mass is 35.5. The third-order valence-corrected chi connectivity index (χ3v) is 3.48. The van der Waals surface area contributed by atoms with Gasteiger partial charge in [-0.25, -0.2) is 0 Å². The van der Waals surface area contributed by atoms with Crippen molar-refractivity contribution in [1.29, 1.82) is 0 Å². The molecule has 5 heteroatoms. The highest BCUT2D eigenvalue weighted by Crippen LogP contribution is 2.27. The molecule has 2 N–H and O–H groups in total. The Kier molecular flexibility index (Phi) is 5.04. The van der Waals surface area contributed by atoms with Crippen LogP contribution in [0.25, 0.3) is 0 Å². The predicted molar refractivity (Wildman–Crippen MR) is 81.2 cm³/mol. The Morgan fingerprint density at radius 2 is 2.20 bits per heavy atom. The second kappa shape index (κ2) is 6.77. The van der Waals surface area contributed by atoms with E-state index in [4.69, 9.17) is 22.1 Å². The number of hydrogen-bond donors (Lipinski definition) is 1. The van der Waals surface area contributed by atoms with Gasteiger partial charge in [0, 0.05) is 17.1 Å². The molecule has 0 spiro atoms. The Hall–Kier alpha value is -1.52. The average molecular weight is 294 g/mol. The summed E-state index contributed by atoms with van der Waals surface area (Å²) in [5, 5.41) is 5.11. The van der Waals surface area contributed by atoms with Gasteiger partial charge in [0.2, 0.25) is 0 Å². The zero-order chi connectivity index (χ0) is 14.5. The van der Waals surface area contributed by atoms with Crippen molar-refractivity contribution in [3.05, 3.63) is 46.2 Å². The van der Waals surface area contributed by atoms with Gasteiger partial charge in [0.15, 0.2) is 0 Å². The largest absolute Gasteiger partial charge is 0.487 e. The maximum Gasteiger partial charge on any atom is 0.130 e. The Bertz CT molecular complexity index is 580. The highest BCUT2D eigenvalue weighted by Gasteiger charge is 2.10. The molecule has 1 heterocycles. The molecule has 2 aromatic rings. The first-order valence-corrected chi connectivity index (χ1v) is 7.17. The quantitative estimate of drug-likeness (QED) is 0.891. The average Bonchev–Trinajstić information content (AvgIpc) is 2.80. The van der Waals surface area contributed by atoms with E-state index in [-0.39, 0.29) is 0 Å². The number of halogens is 1. The van der Waals surface area contributed by atoms with E-state index in [0.717, 1.165) is 29.2 Å². The van der Waals surface area contributed by atoms with Crippen molar-refractivity contribution in [1.82, 2.24) is 9.78 Å². The maximum absolute atomic E-state index is 6.20. The second-order valence-electron chi connectivity index (χ2n) is 4.64. The normalized spacial score (nSPS) is 10.8. The zero-order valence-corrected chi connectivity index (χ0v) is 12.7. The fourth-order valence-corrected chi connectivity index (χ4v) is 2.46. The third kappa shape index (κ3) is 3.32. The van der Waals surface area contributed by atoms with Gasteiger partial charge in [0.25, 0.3) is 0 Å². The van der Waals surface area contributed by atoms with Gasteiger partial charge >= 0.3 is 0 Å². The predicted octanol–water partition coefficient (Wildman–Crippen LogP) is 2.95. The first-order chi connectivity index (χ1) is 9.65. The van der Waals surface area contributed by atoms with Crippen LogP contribution in [0.5, 0.6) is 5.75 Å². The van der Waals surface area contributed by atoms with Crippen molar-refractivity contribution in [3.63, 3.8) is 0 Å². The molecule has 0 saturated carbocycles. The number of aryl methyl sites for hydroxylation is 2. The third-order valence-electron chi connectivity index (χ3n) is 3.13. The summed E-state index contributed by atoms with van der Waals surface area (Å²) in [5.41, 5.74) is 8.65. The molecule has 0 saturated heterocycles. The lowest BCUT2D eigenvalue weighted by Gasteiger charge is -2.13. The first-order valence-electron chi connectivity index (χ1n) is 6.79. The number of hydrogen-bond acceptors (Lipinski definition) is 3. The van der Waals surface area contributed by atoms with E-state index in [1.807, 2.05) is 35.9 Å². The standard InChI is InChI=1S/C15H20ClN3O/c1-3-19-12(9-11(2)18-19)10-20-15-6-4-5-14(16)13(15)7-8-17/h4-6,9H,3,7-8,10,17H2,1-2H3. The molecule has 0 radical (unpaired) electrons. The van der Waals surface area contributed by atoms with E-state index in [1.165, 1.54) is 0 Å². The topological polar surface area (TPSA) is 53.1 Å². The number of nitrogens with two attached hydrogens (primary N) is 1. The second-order valence-corrected chi connectivity index (χ2v) is 5.04. The van der Waals surface area contributed by atoms with Crippen LogP contribution in [-0.2, 0) is 19.6 Å². The van der Waals surface area contributed by atoms with Crippen LogP contribution in [-0.4, -0.2) is 16.3 Å². The molecule has 0 aliphatic rings. The fourth-order valence-electron chi connectivity index (χ4n) is 2.20.